The van der Waals surface area contributed by atoms with Crippen LogP contribution in [0.1, 0.15) is 19.0 Å². The van der Waals surface area contributed by atoms with Crippen molar-refractivity contribution < 1.29 is 4.92 Å². The topological polar surface area (TPSA) is 80.9 Å². The second-order valence-electron chi connectivity index (χ2n) is 3.98. The molecule has 0 aliphatic carbocycles. The molecule has 0 saturated heterocycles. The summed E-state index contributed by atoms with van der Waals surface area (Å²) in [7, 11) is 0. The van der Waals surface area contributed by atoms with Gasteiger partial charge in [-0.25, -0.2) is 4.68 Å². The zero-order valence-electron chi connectivity index (χ0n) is 9.92. The van der Waals surface area contributed by atoms with Crippen molar-refractivity contribution in [3.63, 3.8) is 0 Å². The van der Waals surface area contributed by atoms with Gasteiger partial charge < -0.3 is 0 Å². The largest absolute Gasteiger partial charge is 0.295 e. The van der Waals surface area contributed by atoms with Crippen LogP contribution in [-0.4, -0.2) is 14.7 Å². The monoisotopic (exact) mass is 247 g/mol. The lowest BCUT2D eigenvalue weighted by atomic mass is 10.3. The number of rotatable bonds is 4. The Labute approximate surface area is 103 Å². The van der Waals surface area contributed by atoms with E-state index in [1.54, 1.807) is 18.2 Å². The van der Waals surface area contributed by atoms with E-state index in [-0.39, 0.29) is 11.2 Å². The highest BCUT2D eigenvalue weighted by molar-refractivity contribution is 5.40. The summed E-state index contributed by atoms with van der Waals surface area (Å²) in [5.41, 5.74) is 1.30. The fraction of sp³-hybridized carbons (Fsp3) is 0.250. The molecule has 1 N–H and O–H groups in total. The van der Waals surface area contributed by atoms with Gasteiger partial charge in [-0.1, -0.05) is 13.3 Å². The van der Waals surface area contributed by atoms with Crippen LogP contribution in [0, 0.1) is 10.1 Å². The van der Waals surface area contributed by atoms with Crippen LogP contribution in [0.15, 0.2) is 35.1 Å². The Balaban J connectivity index is 2.36. The normalized spacial score (nSPS) is 10.5. The van der Waals surface area contributed by atoms with E-state index in [2.05, 4.69) is 5.10 Å². The van der Waals surface area contributed by atoms with Crippen LogP contribution in [0.25, 0.3) is 5.69 Å². The van der Waals surface area contributed by atoms with Gasteiger partial charge in [0.15, 0.2) is 0 Å². The molecule has 18 heavy (non-hydrogen) atoms. The SMILES string of the molecule is CCCc1cc(=O)n(-c2ccc([N+](=O)[O-])cc2)[nH]1. The predicted molar refractivity (Wildman–Crippen MR) is 67.0 cm³/mol. The van der Waals surface area contributed by atoms with Gasteiger partial charge in [-0.3, -0.25) is 20.0 Å². The van der Waals surface area contributed by atoms with Crippen molar-refractivity contribution in [1.29, 1.82) is 0 Å². The average molecular weight is 247 g/mol. The third kappa shape index (κ3) is 2.32. The minimum absolute atomic E-state index is 0.00661. The molecule has 2 aromatic rings. The molecule has 0 radical (unpaired) electrons. The summed E-state index contributed by atoms with van der Waals surface area (Å²) in [6, 6.07) is 7.40. The number of non-ortho nitro benzene ring substituents is 1. The summed E-state index contributed by atoms with van der Waals surface area (Å²) in [4.78, 5) is 21.8. The highest BCUT2D eigenvalue weighted by Crippen LogP contribution is 2.13. The molecule has 0 amide bonds. The quantitative estimate of drug-likeness (QED) is 0.663. The Bertz CT molecular complexity index is 610. The number of benzene rings is 1. The van der Waals surface area contributed by atoms with Crippen LogP contribution >= 0.6 is 0 Å². The molecule has 0 aliphatic heterocycles. The van der Waals surface area contributed by atoms with Gasteiger partial charge in [0, 0.05) is 23.9 Å². The molecular formula is C12H13N3O3. The van der Waals surface area contributed by atoms with Gasteiger partial charge in [0.2, 0.25) is 0 Å². The van der Waals surface area contributed by atoms with Gasteiger partial charge >= 0.3 is 0 Å². The number of aromatic amines is 1. The van der Waals surface area contributed by atoms with Crippen LogP contribution < -0.4 is 5.56 Å². The van der Waals surface area contributed by atoms with E-state index in [0.29, 0.717) is 5.69 Å². The van der Waals surface area contributed by atoms with Gasteiger partial charge in [-0.15, -0.1) is 0 Å². The average Bonchev–Trinajstić information content (AvgIpc) is 2.71. The summed E-state index contributed by atoms with van der Waals surface area (Å²) in [5, 5.41) is 13.5. The number of aromatic nitrogens is 2. The Morgan fingerprint density at radius 2 is 2.00 bits per heavy atom. The molecule has 6 heteroatoms. The Morgan fingerprint density at radius 3 is 2.56 bits per heavy atom. The van der Waals surface area contributed by atoms with Crippen molar-refractivity contribution in [2.45, 2.75) is 19.8 Å². The third-order valence-corrected chi connectivity index (χ3v) is 2.61. The summed E-state index contributed by atoms with van der Waals surface area (Å²) in [6.45, 7) is 2.03. The number of nitro groups is 1. The molecule has 0 spiro atoms. The van der Waals surface area contributed by atoms with Crippen molar-refractivity contribution in [1.82, 2.24) is 9.78 Å². The maximum absolute atomic E-state index is 11.7. The smallest absolute Gasteiger partial charge is 0.271 e. The van der Waals surface area contributed by atoms with E-state index >= 15 is 0 Å². The second kappa shape index (κ2) is 4.87. The molecule has 0 aliphatic rings. The number of nitro benzene ring substituents is 1. The second-order valence-corrected chi connectivity index (χ2v) is 3.98. The lowest BCUT2D eigenvalue weighted by Gasteiger charge is -2.01. The molecule has 0 fully saturated rings. The van der Waals surface area contributed by atoms with Gasteiger partial charge in [0.1, 0.15) is 0 Å². The first-order valence-electron chi connectivity index (χ1n) is 5.67. The third-order valence-electron chi connectivity index (χ3n) is 2.61. The van der Waals surface area contributed by atoms with Crippen molar-refractivity contribution in [3.05, 3.63) is 56.5 Å². The Morgan fingerprint density at radius 1 is 1.33 bits per heavy atom. The van der Waals surface area contributed by atoms with Crippen LogP contribution in [0.5, 0.6) is 0 Å². The number of nitrogens with one attached hydrogen (secondary N) is 1. The molecule has 1 aromatic heterocycles. The van der Waals surface area contributed by atoms with E-state index in [9.17, 15) is 14.9 Å². The van der Waals surface area contributed by atoms with Gasteiger partial charge in [-0.2, -0.15) is 0 Å². The van der Waals surface area contributed by atoms with E-state index in [0.717, 1.165) is 18.5 Å². The van der Waals surface area contributed by atoms with E-state index < -0.39 is 4.92 Å². The van der Waals surface area contributed by atoms with Crippen molar-refractivity contribution >= 4 is 5.69 Å². The van der Waals surface area contributed by atoms with Crippen LogP contribution in [0.3, 0.4) is 0 Å². The highest BCUT2D eigenvalue weighted by atomic mass is 16.6. The minimum atomic E-state index is -0.468. The molecule has 6 nitrogen and oxygen atoms in total. The van der Waals surface area contributed by atoms with E-state index in [1.807, 2.05) is 6.92 Å². The minimum Gasteiger partial charge on any atom is -0.295 e. The summed E-state index contributed by atoms with van der Waals surface area (Å²) >= 11 is 0. The molecule has 1 aromatic carbocycles. The lowest BCUT2D eigenvalue weighted by molar-refractivity contribution is -0.384. The standard InChI is InChI=1S/C12H13N3O3/c1-2-3-9-8-12(16)14(13-9)10-4-6-11(7-5-10)15(17)18/h4-8,13H,2-3H2,1H3. The molecule has 1 heterocycles. The molecule has 94 valence electrons. The summed E-state index contributed by atoms with van der Waals surface area (Å²) in [6.07, 6.45) is 1.75. The zero-order valence-corrected chi connectivity index (χ0v) is 9.92. The van der Waals surface area contributed by atoms with Crippen molar-refractivity contribution in [3.8, 4) is 5.69 Å². The summed E-state index contributed by atoms with van der Waals surface area (Å²) in [5.74, 6) is 0. The van der Waals surface area contributed by atoms with Gasteiger partial charge in [-0.05, 0) is 18.6 Å². The summed E-state index contributed by atoms with van der Waals surface area (Å²) < 4.78 is 1.38. The lowest BCUT2D eigenvalue weighted by Crippen LogP contribution is -2.13. The Hall–Kier alpha value is -2.37. The first-order valence-corrected chi connectivity index (χ1v) is 5.67. The number of nitrogens with zero attached hydrogens (tertiary/aromatic N) is 2. The fourth-order valence-corrected chi connectivity index (χ4v) is 1.76. The van der Waals surface area contributed by atoms with E-state index in [1.165, 1.54) is 16.8 Å². The maximum Gasteiger partial charge on any atom is 0.271 e. The molecule has 0 saturated carbocycles. The predicted octanol–water partition coefficient (Wildman–Crippen LogP) is 2.03. The van der Waals surface area contributed by atoms with Crippen molar-refractivity contribution in [2.24, 2.45) is 0 Å². The molecule has 2 rings (SSSR count). The molecule has 0 bridgehead atoms. The van der Waals surface area contributed by atoms with Crippen LogP contribution in [0.2, 0.25) is 0 Å². The fourth-order valence-electron chi connectivity index (χ4n) is 1.76. The number of hydrogen-bond acceptors (Lipinski definition) is 3. The van der Waals surface area contributed by atoms with E-state index in [4.69, 9.17) is 0 Å². The maximum atomic E-state index is 11.7. The first kappa shape index (κ1) is 12.1. The number of aryl methyl sites for hydroxylation is 1. The molecule has 0 unspecified atom stereocenters. The van der Waals surface area contributed by atoms with Gasteiger partial charge in [0.25, 0.3) is 11.2 Å². The van der Waals surface area contributed by atoms with Crippen LogP contribution in [-0.2, 0) is 6.42 Å². The molecule has 0 atom stereocenters. The Kier molecular flexibility index (Phi) is 3.27. The van der Waals surface area contributed by atoms with Gasteiger partial charge in [0.05, 0.1) is 10.6 Å². The highest BCUT2D eigenvalue weighted by Gasteiger charge is 2.07. The van der Waals surface area contributed by atoms with Crippen LogP contribution in [0.4, 0.5) is 5.69 Å². The first-order chi connectivity index (χ1) is 8.61. The van der Waals surface area contributed by atoms with Crippen molar-refractivity contribution in [2.75, 3.05) is 0 Å². The number of H-pyrrole nitrogens is 1. The number of hydrogen-bond donors (Lipinski definition) is 1. The molecular weight excluding hydrogens is 234 g/mol. The zero-order chi connectivity index (χ0) is 13.1.